The van der Waals surface area contributed by atoms with Crippen molar-refractivity contribution < 1.29 is 144 Å². The highest BCUT2D eigenvalue weighted by Gasteiger charge is 2.72. The topological polar surface area (TPSA) is 55.4 Å². The predicted molar refractivity (Wildman–Crippen MR) is 217 cm³/mol. The van der Waals surface area contributed by atoms with Gasteiger partial charge < -0.3 is 9.47 Å². The first kappa shape index (κ1) is 121. The number of alkyl halides is 22. The Hall–Kier alpha value is -2.06. The van der Waals surface area contributed by atoms with Crippen molar-refractivity contribution in [3.05, 3.63) is 0 Å². The number of hydrogen-bond acceptors (Lipinski definition) is 6. The fourth-order valence-electron chi connectivity index (χ4n) is 1.34. The first-order chi connectivity index (χ1) is 25.7. The van der Waals surface area contributed by atoms with Crippen molar-refractivity contribution in [1.29, 1.82) is 0 Å². The molecule has 0 amide bonds. The van der Waals surface area contributed by atoms with Crippen LogP contribution in [0.2, 0.25) is 0 Å². The van der Waals surface area contributed by atoms with Gasteiger partial charge in [0.1, 0.15) is 20.0 Å². The molecule has 0 saturated heterocycles. The van der Waals surface area contributed by atoms with Crippen LogP contribution in [0.4, 0.5) is 115 Å². The summed E-state index contributed by atoms with van der Waals surface area (Å²) in [6, 6.07) is 0. The molecule has 6 nitrogen and oxygen atoms in total. The summed E-state index contributed by atoms with van der Waals surface area (Å²) in [5, 5.41) is 0. The largest absolute Gasteiger partial charge is 0.454 e. The summed E-state index contributed by atoms with van der Waals surface area (Å²) < 4.78 is 304. The SMILES string of the molecule is C.C.C.C.C.C.C.C.C.CC(C)(CF)OC(F)(C(C)(F)F)C(F)(F)F.CC(C)(CF)OC(F)(F)C(C)(F)F.CC(F)(CF)C(F)(F)F.CC(F)(F)CF.COF.COF.COF.COF.FCF. The third-order valence-electron chi connectivity index (χ3n) is 3.98. The minimum atomic E-state index is -5.96. The average molecular weight is 1100 g/mol. The van der Waals surface area contributed by atoms with Crippen molar-refractivity contribution >= 4 is 0 Å². The molecule has 2 atom stereocenters. The summed E-state index contributed by atoms with van der Waals surface area (Å²) in [6.45, 7) is -4.32. The first-order valence-corrected chi connectivity index (χ1v) is 14.1. The molecule has 0 rings (SSSR count). The van der Waals surface area contributed by atoms with E-state index in [1.807, 2.05) is 0 Å². The van der Waals surface area contributed by atoms with Gasteiger partial charge in [-0.05, 0) is 52.7 Å². The molecule has 0 aliphatic heterocycles. The maximum atomic E-state index is 13.2. The van der Waals surface area contributed by atoms with Gasteiger partial charge in [-0.3, -0.25) is 0 Å². The summed E-state index contributed by atoms with van der Waals surface area (Å²) in [6.07, 6.45) is -15.7. The Morgan fingerprint density at radius 1 is 0.324 bits per heavy atom. The van der Waals surface area contributed by atoms with Crippen LogP contribution >= 0.6 is 0 Å². The van der Waals surface area contributed by atoms with Crippen molar-refractivity contribution in [3.8, 4) is 0 Å². The van der Waals surface area contributed by atoms with Crippen LogP contribution in [0.25, 0.3) is 0 Å². The molecular formula is C36H82F26O6. The molecule has 0 aliphatic rings. The van der Waals surface area contributed by atoms with Crippen molar-refractivity contribution in [2.75, 3.05) is 62.1 Å². The number of halogens is 26. The zero-order valence-electron chi connectivity index (χ0n) is 32.8. The molecule has 32 heteroatoms. The van der Waals surface area contributed by atoms with E-state index in [0.717, 1.165) is 56.1 Å². The molecule has 0 saturated carbocycles. The van der Waals surface area contributed by atoms with E-state index >= 15 is 0 Å². The van der Waals surface area contributed by atoms with E-state index < -0.39 is 92.6 Å². The van der Waals surface area contributed by atoms with Crippen LogP contribution < -0.4 is 0 Å². The quantitative estimate of drug-likeness (QED) is 0.203. The first-order valence-electron chi connectivity index (χ1n) is 14.1. The molecule has 0 fully saturated rings. The molecule has 0 radical (unpaired) electrons. The summed E-state index contributed by atoms with van der Waals surface area (Å²) in [7, 11) is 3.83. The minimum Gasteiger partial charge on any atom is -0.325 e. The lowest BCUT2D eigenvalue weighted by molar-refractivity contribution is -0.417. The molecule has 0 heterocycles. The second kappa shape index (κ2) is 55.9. The molecule has 0 aromatic heterocycles. The molecule has 2 unspecified atom stereocenters. The molecule has 0 N–H and O–H groups in total. The molecule has 0 aliphatic carbocycles. The Balaban J connectivity index is -0.0000000274. The third-order valence-corrected chi connectivity index (χ3v) is 3.98. The molecule has 0 spiro atoms. The summed E-state index contributed by atoms with van der Waals surface area (Å²) in [4.78, 5) is 11.0. The molecule has 444 valence electrons. The van der Waals surface area contributed by atoms with Crippen LogP contribution in [0.1, 0.15) is 122 Å². The number of hydrogen-bond donors (Lipinski definition) is 0. The monoisotopic (exact) mass is 1100 g/mol. The average Bonchev–Trinajstić information content (AvgIpc) is 3.01. The van der Waals surface area contributed by atoms with Crippen molar-refractivity contribution in [2.24, 2.45) is 0 Å². The maximum absolute atomic E-state index is 13.2. The lowest BCUT2D eigenvalue weighted by Gasteiger charge is -2.37. The fourth-order valence-corrected chi connectivity index (χ4v) is 1.34. The lowest BCUT2D eigenvalue weighted by Crippen LogP contribution is -2.59. The Morgan fingerprint density at radius 2 is 0.515 bits per heavy atom. The van der Waals surface area contributed by atoms with Gasteiger partial charge in [0.2, 0.25) is 12.6 Å². The van der Waals surface area contributed by atoms with Gasteiger partial charge in [0.05, 0.1) is 39.6 Å². The molecule has 0 bridgehead atoms. The minimum absolute atomic E-state index is 0. The van der Waals surface area contributed by atoms with Gasteiger partial charge in [-0.2, -0.15) is 68.1 Å². The van der Waals surface area contributed by atoms with E-state index in [-0.39, 0.29) is 87.6 Å². The fraction of sp³-hybridized carbons (Fsp3) is 1.00. The summed E-state index contributed by atoms with van der Waals surface area (Å²) in [5.74, 6) is -17.5. The maximum Gasteiger partial charge on any atom is 0.454 e. The van der Waals surface area contributed by atoms with E-state index in [2.05, 4.69) is 29.2 Å². The van der Waals surface area contributed by atoms with Gasteiger partial charge in [0.15, 0.2) is 6.67 Å². The van der Waals surface area contributed by atoms with Crippen LogP contribution in [-0.2, 0) is 29.2 Å². The highest BCUT2D eigenvalue weighted by Crippen LogP contribution is 2.48. The van der Waals surface area contributed by atoms with Crippen LogP contribution in [0.3, 0.4) is 0 Å². The smallest absolute Gasteiger partial charge is 0.325 e. The van der Waals surface area contributed by atoms with Gasteiger partial charge in [0, 0.05) is 20.8 Å². The van der Waals surface area contributed by atoms with E-state index in [4.69, 9.17) is 0 Å². The highest BCUT2D eigenvalue weighted by molar-refractivity contribution is 4.92. The Labute approximate surface area is 387 Å². The highest BCUT2D eigenvalue weighted by atomic mass is 19.4. The normalized spacial score (nSPS) is 12.1. The van der Waals surface area contributed by atoms with Gasteiger partial charge >= 0.3 is 36.2 Å². The van der Waals surface area contributed by atoms with Crippen LogP contribution in [0, 0.1) is 0 Å². The second-order valence-electron chi connectivity index (χ2n) is 11.1. The zero-order chi connectivity index (χ0) is 50.8. The van der Waals surface area contributed by atoms with Crippen LogP contribution in [0.15, 0.2) is 0 Å². The Morgan fingerprint density at radius 3 is 0.603 bits per heavy atom. The third kappa shape index (κ3) is 75.5. The molecular weight excluding hydrogens is 1020 g/mol. The predicted octanol–water partition coefficient (Wildman–Crippen LogP) is 19.2. The lowest BCUT2D eigenvalue weighted by atomic mass is 10.1. The Bertz CT molecular complexity index is 872. The van der Waals surface area contributed by atoms with Crippen molar-refractivity contribution in [3.63, 3.8) is 0 Å². The van der Waals surface area contributed by atoms with E-state index in [1.165, 1.54) is 0 Å². The van der Waals surface area contributed by atoms with Crippen LogP contribution in [0.5, 0.6) is 0 Å². The van der Waals surface area contributed by atoms with Crippen molar-refractivity contribution in [1.82, 2.24) is 0 Å². The molecule has 0 aromatic rings. The summed E-state index contributed by atoms with van der Waals surface area (Å²) in [5.41, 5.74) is -7.90. The van der Waals surface area contributed by atoms with E-state index in [1.54, 1.807) is 0 Å². The second-order valence-corrected chi connectivity index (χ2v) is 11.1. The zero-order valence-corrected chi connectivity index (χ0v) is 32.8. The van der Waals surface area contributed by atoms with Gasteiger partial charge in [-0.25, -0.2) is 48.3 Å². The number of rotatable bonds is 10. The van der Waals surface area contributed by atoms with Crippen LogP contribution in [-0.4, -0.2) is 121 Å². The van der Waals surface area contributed by atoms with Crippen molar-refractivity contribution in [2.45, 2.75) is 181 Å². The van der Waals surface area contributed by atoms with Gasteiger partial charge in [-0.1, -0.05) is 66.8 Å². The van der Waals surface area contributed by atoms with Gasteiger partial charge in [-0.15, -0.1) is 0 Å². The van der Waals surface area contributed by atoms with E-state index in [9.17, 15) is 115 Å². The standard InChI is InChI=1S/C8H11F7O.C7H11F5O.C4H5F5.C3H5F3.CH2F2.4CH3FO.9CH4/c1-5(2,4-9)16-7(12,6(3,10)11)8(13,14)15;1-5(2,4-8)13-7(11,12)6(3,9)10;1-3(6,2-5)4(7,8)9;1-3(5,6)2-4;2-1-3;4*1-3-2;;;;;;;;;/h4H2,1-3H3;4H2,1-3H3;2H2,1H3;2H2,1H3;1H2;4*1H3;9*1H4. The van der Waals surface area contributed by atoms with Gasteiger partial charge in [0.25, 0.3) is 5.92 Å². The molecule has 68 heavy (non-hydrogen) atoms. The molecule has 0 aromatic carbocycles. The summed E-state index contributed by atoms with van der Waals surface area (Å²) >= 11 is 0. The number of ether oxygens (including phenoxy) is 2. The van der Waals surface area contributed by atoms with E-state index in [0.29, 0.717) is 6.92 Å². The Kier molecular flexibility index (Phi) is 99.4.